The third-order valence-corrected chi connectivity index (χ3v) is 6.76. The van der Waals surface area contributed by atoms with Crippen LogP contribution >= 0.6 is 24.0 Å². The van der Waals surface area contributed by atoms with E-state index in [0.29, 0.717) is 17.2 Å². The monoisotopic (exact) mass is 413 g/mol. The van der Waals surface area contributed by atoms with Gasteiger partial charge < -0.3 is 14.6 Å². The number of methoxy groups -OCH3 is 1. The molecule has 2 heterocycles. The van der Waals surface area contributed by atoms with Crippen LogP contribution < -0.4 is 5.69 Å². The Hall–Kier alpha value is -1.01. The molecule has 1 aliphatic carbocycles. The fraction of sp³-hybridized carbons (Fsp3) is 0.650. The molecule has 2 fully saturated rings. The predicted molar refractivity (Wildman–Crippen MR) is 112 cm³/mol. The van der Waals surface area contributed by atoms with E-state index >= 15 is 0 Å². The van der Waals surface area contributed by atoms with Crippen molar-refractivity contribution in [2.75, 3.05) is 20.2 Å². The average Bonchev–Trinajstić information content (AvgIpc) is 2.97. The lowest BCUT2D eigenvalue weighted by Crippen LogP contribution is -2.45. The van der Waals surface area contributed by atoms with Gasteiger partial charge in [-0.3, -0.25) is 4.57 Å². The summed E-state index contributed by atoms with van der Waals surface area (Å²) in [4.78, 5) is 18.2. The van der Waals surface area contributed by atoms with Crippen LogP contribution in [0.25, 0.3) is 11.0 Å². The second kappa shape index (κ2) is 8.56. The van der Waals surface area contributed by atoms with Crippen LogP contribution in [0.4, 0.5) is 0 Å². The number of aromatic nitrogens is 2. The van der Waals surface area contributed by atoms with E-state index in [9.17, 15) is 4.79 Å². The Morgan fingerprint density at radius 3 is 2.37 bits per heavy atom. The van der Waals surface area contributed by atoms with E-state index < -0.39 is 0 Å². The number of nitrogens with one attached hydrogen (secondary N) is 1. The number of aromatic amines is 1. The molecule has 0 bridgehead atoms. The zero-order chi connectivity index (χ0) is 18.3. The summed E-state index contributed by atoms with van der Waals surface area (Å²) >= 11 is 6.21. The molecule has 0 radical (unpaired) electrons. The lowest BCUT2D eigenvalue weighted by atomic mass is 9.90. The normalized spacial score (nSPS) is 24.9. The maximum atomic E-state index is 12.5. The zero-order valence-corrected chi connectivity index (χ0v) is 17.6. The number of nitrogens with zero attached hydrogens (tertiary/aromatic N) is 2. The van der Waals surface area contributed by atoms with Crippen LogP contribution in [0.1, 0.15) is 50.1 Å². The fourth-order valence-corrected chi connectivity index (χ4v) is 4.93. The highest BCUT2D eigenvalue weighted by molar-refractivity contribution is 6.32. The van der Waals surface area contributed by atoms with E-state index in [1.807, 2.05) is 30.7 Å². The van der Waals surface area contributed by atoms with Gasteiger partial charge in [0.2, 0.25) is 0 Å². The summed E-state index contributed by atoms with van der Waals surface area (Å²) in [5, 5.41) is 0.701. The average molecular weight is 414 g/mol. The van der Waals surface area contributed by atoms with Crippen LogP contribution in [0, 0.1) is 6.92 Å². The second-order valence-electron chi connectivity index (χ2n) is 7.85. The molecule has 27 heavy (non-hydrogen) atoms. The topological polar surface area (TPSA) is 50.3 Å². The van der Waals surface area contributed by atoms with Crippen molar-refractivity contribution in [2.24, 2.45) is 0 Å². The molecule has 1 saturated heterocycles. The highest BCUT2D eigenvalue weighted by Crippen LogP contribution is 2.31. The zero-order valence-electron chi connectivity index (χ0n) is 16.0. The van der Waals surface area contributed by atoms with Gasteiger partial charge >= 0.3 is 5.69 Å². The molecule has 0 spiro atoms. The number of aryl methyl sites for hydroxylation is 1. The van der Waals surface area contributed by atoms with Crippen molar-refractivity contribution in [3.63, 3.8) is 0 Å². The van der Waals surface area contributed by atoms with E-state index in [2.05, 4.69) is 9.88 Å². The highest BCUT2D eigenvalue weighted by Gasteiger charge is 2.30. The summed E-state index contributed by atoms with van der Waals surface area (Å²) in [5.41, 5.74) is 2.82. The molecule has 1 aromatic heterocycles. The van der Waals surface area contributed by atoms with Crippen LogP contribution in [0.5, 0.6) is 0 Å². The first kappa shape index (κ1) is 20.7. The molecule has 2 aromatic rings. The summed E-state index contributed by atoms with van der Waals surface area (Å²) < 4.78 is 7.45. The molecule has 0 unspecified atom stereocenters. The molecule has 0 amide bonds. The lowest BCUT2D eigenvalue weighted by Gasteiger charge is -2.40. The number of ether oxygens (including phenoxy) is 1. The third kappa shape index (κ3) is 4.07. The van der Waals surface area contributed by atoms with Gasteiger partial charge in [-0.2, -0.15) is 0 Å². The van der Waals surface area contributed by atoms with Crippen molar-refractivity contribution in [3.05, 3.63) is 33.2 Å². The summed E-state index contributed by atoms with van der Waals surface area (Å²) in [6.07, 6.45) is 7.30. The third-order valence-electron chi connectivity index (χ3n) is 6.35. The van der Waals surface area contributed by atoms with E-state index in [0.717, 1.165) is 42.5 Å². The number of hydrogen-bond acceptors (Lipinski definition) is 3. The van der Waals surface area contributed by atoms with Gasteiger partial charge in [-0.1, -0.05) is 11.6 Å². The highest BCUT2D eigenvalue weighted by atomic mass is 35.5. The number of piperidine rings is 1. The molecule has 4 rings (SSSR count). The van der Waals surface area contributed by atoms with Crippen LogP contribution in [0.2, 0.25) is 5.02 Å². The van der Waals surface area contributed by atoms with Gasteiger partial charge in [0.1, 0.15) is 0 Å². The molecule has 5 nitrogen and oxygen atoms in total. The maximum absolute atomic E-state index is 12.5. The number of halogens is 2. The van der Waals surface area contributed by atoms with E-state index in [4.69, 9.17) is 16.3 Å². The molecule has 1 N–H and O–H groups in total. The Morgan fingerprint density at radius 2 is 1.74 bits per heavy atom. The smallest absolute Gasteiger partial charge is 0.326 e. The number of likely N-dealkylation sites (tertiary alicyclic amines) is 1. The maximum Gasteiger partial charge on any atom is 0.326 e. The molecule has 150 valence electrons. The molecule has 1 saturated carbocycles. The lowest BCUT2D eigenvalue weighted by molar-refractivity contribution is 0.0296. The van der Waals surface area contributed by atoms with Gasteiger partial charge in [-0.15, -0.1) is 12.4 Å². The van der Waals surface area contributed by atoms with Crippen LogP contribution in [-0.2, 0) is 4.74 Å². The number of imidazole rings is 1. The molecule has 1 aromatic carbocycles. The van der Waals surface area contributed by atoms with Crippen molar-refractivity contribution < 1.29 is 4.74 Å². The number of rotatable bonds is 3. The Kier molecular flexibility index (Phi) is 6.57. The second-order valence-corrected chi connectivity index (χ2v) is 8.26. The summed E-state index contributed by atoms with van der Waals surface area (Å²) in [5.74, 6) is 0. The summed E-state index contributed by atoms with van der Waals surface area (Å²) in [7, 11) is 1.82. The Morgan fingerprint density at radius 1 is 1.07 bits per heavy atom. The molecular formula is C20H29Cl2N3O2. The molecule has 7 heteroatoms. The van der Waals surface area contributed by atoms with Crippen LogP contribution in [0.3, 0.4) is 0 Å². The van der Waals surface area contributed by atoms with Crippen molar-refractivity contribution >= 4 is 35.0 Å². The van der Waals surface area contributed by atoms with Gasteiger partial charge in [-0.05, 0) is 63.1 Å². The quantitative estimate of drug-likeness (QED) is 0.815. The Labute approximate surface area is 171 Å². The van der Waals surface area contributed by atoms with Crippen molar-refractivity contribution in [1.29, 1.82) is 0 Å². The largest absolute Gasteiger partial charge is 0.381 e. The van der Waals surface area contributed by atoms with Crippen molar-refractivity contribution in [3.8, 4) is 0 Å². The SMILES string of the molecule is COC1CCC(N2CCC(n3c(=O)[nH]c4cc(Cl)c(C)cc43)CC2)CC1.Cl. The van der Waals surface area contributed by atoms with Crippen molar-refractivity contribution in [1.82, 2.24) is 14.5 Å². The first-order valence-corrected chi connectivity index (χ1v) is 10.1. The minimum atomic E-state index is -0.0132. The van der Waals surface area contributed by atoms with E-state index in [1.165, 1.54) is 25.7 Å². The van der Waals surface area contributed by atoms with Gasteiger partial charge in [-0.25, -0.2) is 4.79 Å². The Balaban J connectivity index is 0.00000210. The minimum Gasteiger partial charge on any atom is -0.381 e. The van der Waals surface area contributed by atoms with Crippen LogP contribution in [-0.4, -0.2) is 46.8 Å². The van der Waals surface area contributed by atoms with Crippen LogP contribution in [0.15, 0.2) is 16.9 Å². The van der Waals surface area contributed by atoms with Gasteiger partial charge in [0.25, 0.3) is 0 Å². The summed E-state index contributed by atoms with van der Waals surface area (Å²) in [6, 6.07) is 4.85. The van der Waals surface area contributed by atoms with E-state index in [1.54, 1.807) is 0 Å². The molecule has 0 atom stereocenters. The fourth-order valence-electron chi connectivity index (χ4n) is 4.77. The van der Waals surface area contributed by atoms with E-state index in [-0.39, 0.29) is 24.1 Å². The first-order valence-electron chi connectivity index (χ1n) is 9.74. The van der Waals surface area contributed by atoms with Crippen molar-refractivity contribution in [2.45, 2.75) is 63.6 Å². The number of benzene rings is 1. The predicted octanol–water partition coefficient (Wildman–Crippen LogP) is 4.31. The van der Waals surface area contributed by atoms with Gasteiger partial charge in [0, 0.05) is 37.3 Å². The standard InChI is InChI=1S/C20H28ClN3O2.ClH/c1-13-11-19-18(12-17(13)21)22-20(25)24(19)15-7-9-23(10-8-15)14-3-5-16(26-2)6-4-14;/h11-12,14-16H,3-10H2,1-2H3,(H,22,25);1H. The first-order chi connectivity index (χ1) is 12.6. The van der Waals surface area contributed by atoms with Gasteiger partial charge in [0.05, 0.1) is 17.1 Å². The Bertz CT molecular complexity index is 832. The number of hydrogen-bond donors (Lipinski definition) is 1. The number of fused-ring (bicyclic) bond motifs is 1. The molecule has 2 aliphatic rings. The molecular weight excluding hydrogens is 385 g/mol. The van der Waals surface area contributed by atoms with Gasteiger partial charge in [0.15, 0.2) is 0 Å². The number of H-pyrrole nitrogens is 1. The molecule has 1 aliphatic heterocycles. The minimum absolute atomic E-state index is 0. The summed E-state index contributed by atoms with van der Waals surface area (Å²) in [6.45, 7) is 4.12.